The molecule has 1 aromatic rings. The van der Waals surface area contributed by atoms with E-state index in [0.717, 1.165) is 4.90 Å². The Kier molecular flexibility index (Phi) is 4.62. The molecule has 1 fully saturated rings. The van der Waals surface area contributed by atoms with Gasteiger partial charge >= 0.3 is 12.1 Å². The van der Waals surface area contributed by atoms with Gasteiger partial charge in [-0.1, -0.05) is 29.8 Å². The molecule has 8 nitrogen and oxygen atoms in total. The topological polar surface area (TPSA) is 113 Å². The average molecular weight is 325 g/mol. The number of carbonyl (C=O) groups is 4. The first-order valence-corrected chi connectivity index (χ1v) is 6.69. The number of urea groups is 2. The van der Waals surface area contributed by atoms with E-state index in [2.05, 4.69) is 5.32 Å². The van der Waals surface area contributed by atoms with Gasteiger partial charge in [0.2, 0.25) is 5.91 Å². The van der Waals surface area contributed by atoms with Crippen molar-refractivity contribution in [1.82, 2.24) is 15.1 Å². The fraction of sp³-hybridized carbons (Fsp3) is 0.231. The third-order valence-electron chi connectivity index (χ3n) is 3.00. The van der Waals surface area contributed by atoms with Gasteiger partial charge in [-0.2, -0.15) is 0 Å². The molecule has 1 saturated heterocycles. The second kappa shape index (κ2) is 6.44. The third kappa shape index (κ3) is 3.34. The Balaban J connectivity index is 2.07. The first-order chi connectivity index (χ1) is 10.4. The maximum absolute atomic E-state index is 12.1. The lowest BCUT2D eigenvalue weighted by Crippen LogP contribution is -2.45. The molecule has 0 atom stereocenters. The Morgan fingerprint density at radius 1 is 1.27 bits per heavy atom. The molecule has 2 rings (SSSR count). The fourth-order valence-corrected chi connectivity index (χ4v) is 2.11. The first-order valence-electron chi connectivity index (χ1n) is 6.31. The van der Waals surface area contributed by atoms with E-state index in [4.69, 9.17) is 17.3 Å². The van der Waals surface area contributed by atoms with Gasteiger partial charge in [-0.05, 0) is 11.6 Å². The normalized spacial score (nSPS) is 14.4. The second-order valence-electron chi connectivity index (χ2n) is 4.57. The number of nitrogens with zero attached hydrogens (tertiary/aromatic N) is 2. The van der Waals surface area contributed by atoms with Crippen LogP contribution < -0.4 is 11.1 Å². The highest BCUT2D eigenvalue weighted by Gasteiger charge is 2.39. The van der Waals surface area contributed by atoms with Crippen LogP contribution in [0.5, 0.6) is 0 Å². The molecule has 0 radical (unpaired) electrons. The van der Waals surface area contributed by atoms with Crippen LogP contribution in [-0.4, -0.2) is 46.8 Å². The fourth-order valence-electron chi connectivity index (χ4n) is 1.91. The van der Waals surface area contributed by atoms with Gasteiger partial charge < -0.3 is 11.1 Å². The first kappa shape index (κ1) is 15.8. The van der Waals surface area contributed by atoms with Gasteiger partial charge in [-0.25, -0.2) is 14.5 Å². The smallest absolute Gasteiger partial charge is 0.335 e. The Bertz CT molecular complexity index is 649. The van der Waals surface area contributed by atoms with E-state index in [0.29, 0.717) is 15.5 Å². The monoisotopic (exact) mass is 324 g/mol. The summed E-state index contributed by atoms with van der Waals surface area (Å²) in [5.74, 6) is -1.28. The van der Waals surface area contributed by atoms with E-state index in [1.54, 1.807) is 24.3 Å². The Morgan fingerprint density at radius 2 is 1.95 bits per heavy atom. The number of nitrogens with two attached hydrogens (primary N) is 1. The number of halogens is 1. The predicted molar refractivity (Wildman–Crippen MR) is 76.7 cm³/mol. The molecule has 9 heteroatoms. The number of rotatable bonds is 4. The summed E-state index contributed by atoms with van der Waals surface area (Å²) in [5.41, 5.74) is 5.49. The van der Waals surface area contributed by atoms with E-state index in [9.17, 15) is 19.2 Å². The lowest BCUT2D eigenvalue weighted by Gasteiger charge is -2.16. The molecule has 0 aromatic heterocycles. The highest BCUT2D eigenvalue weighted by atomic mass is 35.5. The molecule has 22 heavy (non-hydrogen) atoms. The highest BCUT2D eigenvalue weighted by Crippen LogP contribution is 2.20. The zero-order chi connectivity index (χ0) is 16.3. The Labute approximate surface area is 130 Å². The number of amides is 6. The summed E-state index contributed by atoms with van der Waals surface area (Å²) in [4.78, 5) is 48.0. The highest BCUT2D eigenvalue weighted by molar-refractivity contribution is 6.31. The standard InChI is InChI=1S/C13H13ClN4O4/c14-9-4-2-1-3-8(9)6-17-11(20)7-18(13(17)22)12(21)16-5-10(15)19/h1-4H,5-7H2,(H2,15,19)(H,16,21). The van der Waals surface area contributed by atoms with E-state index < -0.39 is 37.0 Å². The second-order valence-corrected chi connectivity index (χ2v) is 4.97. The van der Waals surface area contributed by atoms with Crippen molar-refractivity contribution in [2.24, 2.45) is 5.73 Å². The van der Waals surface area contributed by atoms with E-state index in [-0.39, 0.29) is 6.54 Å². The van der Waals surface area contributed by atoms with Crippen molar-refractivity contribution >= 4 is 35.5 Å². The summed E-state index contributed by atoms with van der Waals surface area (Å²) in [6.07, 6.45) is 0. The van der Waals surface area contributed by atoms with Crippen molar-refractivity contribution in [2.45, 2.75) is 6.54 Å². The largest absolute Gasteiger partial charge is 0.368 e. The summed E-state index contributed by atoms with van der Waals surface area (Å²) in [6.45, 7) is -0.841. The molecule has 1 heterocycles. The number of hydrogen-bond donors (Lipinski definition) is 2. The van der Waals surface area contributed by atoms with Crippen LogP contribution in [0.3, 0.4) is 0 Å². The van der Waals surface area contributed by atoms with Gasteiger partial charge in [0.15, 0.2) is 0 Å². The molecule has 0 unspecified atom stereocenters. The quantitative estimate of drug-likeness (QED) is 0.775. The summed E-state index contributed by atoms with van der Waals surface area (Å²) >= 11 is 5.99. The Hall–Kier alpha value is -2.61. The van der Waals surface area contributed by atoms with Crippen molar-refractivity contribution < 1.29 is 19.2 Å². The van der Waals surface area contributed by atoms with Crippen LogP contribution >= 0.6 is 11.6 Å². The van der Waals surface area contributed by atoms with Crippen LogP contribution in [0.1, 0.15) is 5.56 Å². The minimum Gasteiger partial charge on any atom is -0.368 e. The molecule has 6 amide bonds. The summed E-state index contributed by atoms with van der Waals surface area (Å²) in [5, 5.41) is 2.57. The minimum absolute atomic E-state index is 0.0308. The summed E-state index contributed by atoms with van der Waals surface area (Å²) in [6, 6.07) is 5.15. The molecule has 0 aliphatic carbocycles. The number of hydrogen-bond acceptors (Lipinski definition) is 4. The molecule has 1 aliphatic heterocycles. The molecule has 1 aliphatic rings. The Morgan fingerprint density at radius 3 is 2.59 bits per heavy atom. The lowest BCUT2D eigenvalue weighted by atomic mass is 10.2. The van der Waals surface area contributed by atoms with Gasteiger partial charge in [-0.3, -0.25) is 14.5 Å². The summed E-state index contributed by atoms with van der Waals surface area (Å²) in [7, 11) is 0. The predicted octanol–water partition coefficient (Wildman–Crippen LogP) is 0.299. The van der Waals surface area contributed by atoms with Crippen molar-refractivity contribution in [3.05, 3.63) is 34.9 Å². The number of benzene rings is 1. The molecular weight excluding hydrogens is 312 g/mol. The maximum Gasteiger partial charge on any atom is 0.335 e. The maximum atomic E-state index is 12.1. The van der Waals surface area contributed by atoms with Crippen molar-refractivity contribution in [3.63, 3.8) is 0 Å². The zero-order valence-electron chi connectivity index (χ0n) is 11.4. The van der Waals surface area contributed by atoms with E-state index in [1.165, 1.54) is 0 Å². The SMILES string of the molecule is NC(=O)CNC(=O)N1CC(=O)N(Cc2ccccc2Cl)C1=O. The molecule has 1 aromatic carbocycles. The van der Waals surface area contributed by atoms with Gasteiger partial charge in [0.05, 0.1) is 13.1 Å². The average Bonchev–Trinajstić information content (AvgIpc) is 2.75. The molecule has 0 spiro atoms. The van der Waals surface area contributed by atoms with Crippen LogP contribution in [0.4, 0.5) is 9.59 Å². The van der Waals surface area contributed by atoms with Crippen LogP contribution in [-0.2, 0) is 16.1 Å². The molecule has 0 bridgehead atoms. The lowest BCUT2D eigenvalue weighted by molar-refractivity contribution is -0.125. The third-order valence-corrected chi connectivity index (χ3v) is 3.37. The van der Waals surface area contributed by atoms with Gasteiger partial charge in [0, 0.05) is 5.02 Å². The number of nitrogens with one attached hydrogen (secondary N) is 1. The van der Waals surface area contributed by atoms with Crippen molar-refractivity contribution in [1.29, 1.82) is 0 Å². The van der Waals surface area contributed by atoms with Gasteiger partial charge in [0.1, 0.15) is 6.54 Å². The molecule has 116 valence electrons. The molecule has 3 N–H and O–H groups in total. The number of primary amides is 1. The number of carbonyl (C=O) groups excluding carboxylic acids is 4. The van der Waals surface area contributed by atoms with E-state index in [1.807, 2.05) is 0 Å². The molecule has 0 saturated carbocycles. The van der Waals surface area contributed by atoms with Crippen molar-refractivity contribution in [2.75, 3.05) is 13.1 Å². The van der Waals surface area contributed by atoms with Crippen LogP contribution in [0.25, 0.3) is 0 Å². The van der Waals surface area contributed by atoms with Gasteiger partial charge in [0.25, 0.3) is 5.91 Å². The van der Waals surface area contributed by atoms with Crippen LogP contribution in [0, 0.1) is 0 Å². The summed E-state index contributed by atoms with van der Waals surface area (Å²) < 4.78 is 0. The van der Waals surface area contributed by atoms with Gasteiger partial charge in [-0.15, -0.1) is 0 Å². The molecular formula is C13H13ClN4O4. The minimum atomic E-state index is -0.848. The number of imide groups is 2. The van der Waals surface area contributed by atoms with Crippen LogP contribution in [0.2, 0.25) is 5.02 Å². The van der Waals surface area contributed by atoms with E-state index >= 15 is 0 Å². The van der Waals surface area contributed by atoms with Crippen molar-refractivity contribution in [3.8, 4) is 0 Å². The zero-order valence-corrected chi connectivity index (χ0v) is 12.2. The van der Waals surface area contributed by atoms with Crippen LogP contribution in [0.15, 0.2) is 24.3 Å².